The third kappa shape index (κ3) is 2.58. The molecule has 0 amide bonds. The Bertz CT molecular complexity index is 351. The molecule has 0 aromatic heterocycles. The number of aryl methyl sites for hydroxylation is 1. The zero-order chi connectivity index (χ0) is 9.97. The van der Waals surface area contributed by atoms with E-state index in [2.05, 4.69) is 18.3 Å². The Labute approximate surface area is 96.5 Å². The zero-order valence-electron chi connectivity index (χ0n) is 8.82. The van der Waals surface area contributed by atoms with E-state index in [0.29, 0.717) is 12.2 Å². The second kappa shape index (κ2) is 5.29. The van der Waals surface area contributed by atoms with Gasteiger partial charge < -0.3 is 5.32 Å². The molecule has 1 fully saturated rings. The lowest BCUT2D eigenvalue weighted by molar-refractivity contribution is -0.122. The number of Topliss-reactive ketones (excluding diaryl/α,β-unsaturated/α-hetero) is 1. The van der Waals surface area contributed by atoms with E-state index >= 15 is 0 Å². The van der Waals surface area contributed by atoms with Gasteiger partial charge in [0.25, 0.3) is 0 Å². The maximum Gasteiger partial charge on any atom is 0.154 e. The van der Waals surface area contributed by atoms with E-state index in [-0.39, 0.29) is 18.4 Å². The molecule has 1 N–H and O–H groups in total. The summed E-state index contributed by atoms with van der Waals surface area (Å²) < 4.78 is 0. The first kappa shape index (κ1) is 12.2. The quantitative estimate of drug-likeness (QED) is 0.796. The van der Waals surface area contributed by atoms with Crippen molar-refractivity contribution in [2.24, 2.45) is 0 Å². The Kier molecular flexibility index (Phi) is 4.30. The van der Waals surface area contributed by atoms with Gasteiger partial charge in [-0.2, -0.15) is 0 Å². The molecule has 82 valence electrons. The fourth-order valence-corrected chi connectivity index (χ4v) is 1.96. The number of halogens is 1. The second-order valence-electron chi connectivity index (χ2n) is 3.81. The van der Waals surface area contributed by atoms with E-state index in [1.165, 1.54) is 5.56 Å². The highest BCUT2D eigenvalue weighted by Crippen LogP contribution is 2.22. The van der Waals surface area contributed by atoms with Crippen LogP contribution in [0.1, 0.15) is 30.0 Å². The fraction of sp³-hybridized carbons (Fsp3) is 0.417. The van der Waals surface area contributed by atoms with E-state index in [9.17, 15) is 4.79 Å². The van der Waals surface area contributed by atoms with Crippen LogP contribution in [0, 0.1) is 6.92 Å². The lowest BCUT2D eigenvalue weighted by Gasteiger charge is -2.23. The molecule has 0 aliphatic carbocycles. The van der Waals surface area contributed by atoms with Crippen molar-refractivity contribution >= 4 is 18.2 Å². The first-order valence-corrected chi connectivity index (χ1v) is 5.10. The van der Waals surface area contributed by atoms with Gasteiger partial charge in [0.05, 0.1) is 6.04 Å². The molecule has 2 nitrogen and oxygen atoms in total. The lowest BCUT2D eigenvalue weighted by Crippen LogP contribution is -2.34. The molecular formula is C12H16ClNO. The van der Waals surface area contributed by atoms with E-state index in [1.54, 1.807) is 0 Å². The number of hydrogen-bond donors (Lipinski definition) is 1. The SMILES string of the molecule is Cc1ccccc1C1NCCCC1=O.Cl. The Hall–Kier alpha value is -0.860. The number of benzene rings is 1. The summed E-state index contributed by atoms with van der Waals surface area (Å²) in [6.07, 6.45) is 1.69. The van der Waals surface area contributed by atoms with Gasteiger partial charge in [-0.05, 0) is 31.0 Å². The van der Waals surface area contributed by atoms with Crippen molar-refractivity contribution in [2.75, 3.05) is 6.54 Å². The van der Waals surface area contributed by atoms with Gasteiger partial charge >= 0.3 is 0 Å². The van der Waals surface area contributed by atoms with Crippen molar-refractivity contribution in [3.63, 3.8) is 0 Å². The summed E-state index contributed by atoms with van der Waals surface area (Å²) in [5.41, 5.74) is 2.33. The van der Waals surface area contributed by atoms with Gasteiger partial charge in [0.1, 0.15) is 0 Å². The van der Waals surface area contributed by atoms with Crippen LogP contribution in [-0.4, -0.2) is 12.3 Å². The largest absolute Gasteiger partial charge is 0.304 e. The van der Waals surface area contributed by atoms with Gasteiger partial charge in [0.15, 0.2) is 5.78 Å². The van der Waals surface area contributed by atoms with E-state index in [0.717, 1.165) is 18.5 Å². The molecule has 1 unspecified atom stereocenters. The molecule has 1 aromatic rings. The molecule has 1 heterocycles. The monoisotopic (exact) mass is 225 g/mol. The molecule has 0 saturated carbocycles. The first-order valence-electron chi connectivity index (χ1n) is 5.10. The summed E-state index contributed by atoms with van der Waals surface area (Å²) in [7, 11) is 0. The smallest absolute Gasteiger partial charge is 0.154 e. The van der Waals surface area contributed by atoms with Crippen LogP contribution in [0.5, 0.6) is 0 Å². The van der Waals surface area contributed by atoms with Gasteiger partial charge in [0.2, 0.25) is 0 Å². The Morgan fingerprint density at radius 2 is 2.07 bits per heavy atom. The van der Waals surface area contributed by atoms with Crippen molar-refractivity contribution in [2.45, 2.75) is 25.8 Å². The normalized spacial score (nSPS) is 20.9. The van der Waals surface area contributed by atoms with E-state index in [4.69, 9.17) is 0 Å². The van der Waals surface area contributed by atoms with Gasteiger partial charge in [0, 0.05) is 6.42 Å². The van der Waals surface area contributed by atoms with Crippen LogP contribution in [0.2, 0.25) is 0 Å². The summed E-state index contributed by atoms with van der Waals surface area (Å²) >= 11 is 0. The minimum Gasteiger partial charge on any atom is -0.304 e. The topological polar surface area (TPSA) is 29.1 Å². The minimum atomic E-state index is -0.0649. The van der Waals surface area contributed by atoms with Crippen molar-refractivity contribution in [1.29, 1.82) is 0 Å². The highest BCUT2D eigenvalue weighted by atomic mass is 35.5. The van der Waals surface area contributed by atoms with Crippen LogP contribution >= 0.6 is 12.4 Å². The Morgan fingerprint density at radius 3 is 2.73 bits per heavy atom. The summed E-state index contributed by atoms with van der Waals surface area (Å²) in [6.45, 7) is 3.00. The molecule has 1 saturated heterocycles. The Morgan fingerprint density at radius 1 is 1.33 bits per heavy atom. The number of rotatable bonds is 1. The van der Waals surface area contributed by atoms with Gasteiger partial charge in [-0.15, -0.1) is 12.4 Å². The van der Waals surface area contributed by atoms with Crippen molar-refractivity contribution in [3.8, 4) is 0 Å². The summed E-state index contributed by atoms with van der Waals surface area (Å²) in [4.78, 5) is 11.7. The third-order valence-corrected chi connectivity index (χ3v) is 2.77. The second-order valence-corrected chi connectivity index (χ2v) is 3.81. The summed E-state index contributed by atoms with van der Waals surface area (Å²) in [6, 6.07) is 8.03. The third-order valence-electron chi connectivity index (χ3n) is 2.77. The highest BCUT2D eigenvalue weighted by Gasteiger charge is 2.23. The average molecular weight is 226 g/mol. The molecule has 0 bridgehead atoms. The molecule has 15 heavy (non-hydrogen) atoms. The summed E-state index contributed by atoms with van der Waals surface area (Å²) in [5.74, 6) is 0.325. The number of piperidine rings is 1. The van der Waals surface area contributed by atoms with Crippen LogP contribution < -0.4 is 5.32 Å². The molecule has 1 aromatic carbocycles. The molecule has 3 heteroatoms. The number of ketones is 1. The average Bonchev–Trinajstić information content (AvgIpc) is 2.20. The van der Waals surface area contributed by atoms with Crippen molar-refractivity contribution < 1.29 is 4.79 Å². The molecule has 1 aliphatic rings. The van der Waals surface area contributed by atoms with Crippen LogP contribution in [0.15, 0.2) is 24.3 Å². The summed E-state index contributed by atoms with van der Waals surface area (Å²) in [5, 5.41) is 3.28. The minimum absolute atomic E-state index is 0. The van der Waals surface area contributed by atoms with E-state index < -0.39 is 0 Å². The number of hydrogen-bond acceptors (Lipinski definition) is 2. The number of carbonyl (C=O) groups excluding carboxylic acids is 1. The van der Waals surface area contributed by atoms with Crippen molar-refractivity contribution in [3.05, 3.63) is 35.4 Å². The first-order chi connectivity index (χ1) is 6.79. The lowest BCUT2D eigenvalue weighted by atomic mass is 9.93. The predicted molar refractivity (Wildman–Crippen MR) is 63.4 cm³/mol. The van der Waals surface area contributed by atoms with Crippen LogP contribution in [-0.2, 0) is 4.79 Å². The Balaban J connectivity index is 0.00000112. The molecular weight excluding hydrogens is 210 g/mol. The standard InChI is InChI=1S/C12H15NO.ClH/c1-9-5-2-3-6-10(9)12-11(14)7-4-8-13-12;/h2-3,5-6,12-13H,4,7-8H2,1H3;1H. The molecule has 2 rings (SSSR count). The molecule has 1 aliphatic heterocycles. The zero-order valence-corrected chi connectivity index (χ0v) is 9.64. The van der Waals surface area contributed by atoms with Gasteiger partial charge in [-0.3, -0.25) is 4.79 Å². The van der Waals surface area contributed by atoms with Crippen LogP contribution in [0.4, 0.5) is 0 Å². The van der Waals surface area contributed by atoms with Gasteiger partial charge in [-0.1, -0.05) is 24.3 Å². The number of nitrogens with one attached hydrogen (secondary N) is 1. The van der Waals surface area contributed by atoms with Gasteiger partial charge in [-0.25, -0.2) is 0 Å². The maximum absolute atomic E-state index is 11.7. The predicted octanol–water partition coefficient (Wildman–Crippen LogP) is 2.41. The van der Waals surface area contributed by atoms with E-state index in [1.807, 2.05) is 18.2 Å². The molecule has 0 spiro atoms. The number of carbonyl (C=O) groups is 1. The maximum atomic E-state index is 11.7. The fourth-order valence-electron chi connectivity index (χ4n) is 1.96. The highest BCUT2D eigenvalue weighted by molar-refractivity contribution is 5.86. The van der Waals surface area contributed by atoms with Crippen LogP contribution in [0.3, 0.4) is 0 Å². The van der Waals surface area contributed by atoms with Crippen LogP contribution in [0.25, 0.3) is 0 Å². The molecule has 1 atom stereocenters. The molecule has 0 radical (unpaired) electrons. The van der Waals surface area contributed by atoms with Crippen molar-refractivity contribution in [1.82, 2.24) is 5.32 Å².